The summed E-state index contributed by atoms with van der Waals surface area (Å²) in [5, 5.41) is 15.7. The lowest BCUT2D eigenvalue weighted by atomic mass is 9.96. The van der Waals surface area contributed by atoms with E-state index in [4.69, 9.17) is 9.63 Å². The Morgan fingerprint density at radius 2 is 1.95 bits per heavy atom. The minimum Gasteiger partial charge on any atom is -0.394 e. The third-order valence-corrected chi connectivity index (χ3v) is 2.58. The van der Waals surface area contributed by atoms with E-state index in [-0.39, 0.29) is 24.3 Å². The van der Waals surface area contributed by atoms with Crippen molar-refractivity contribution in [3.05, 3.63) is 11.7 Å². The number of nitrogens with zero attached hydrogens (tertiary/aromatic N) is 2. The van der Waals surface area contributed by atoms with E-state index in [2.05, 4.69) is 15.5 Å². The average Bonchev–Trinajstić information content (AvgIpc) is 2.74. The predicted molar refractivity (Wildman–Crippen MR) is 70.6 cm³/mol. The van der Waals surface area contributed by atoms with Gasteiger partial charge in [-0.15, -0.1) is 0 Å². The van der Waals surface area contributed by atoms with Gasteiger partial charge in [-0.1, -0.05) is 25.9 Å². The van der Waals surface area contributed by atoms with Gasteiger partial charge in [-0.05, 0) is 13.8 Å². The number of aliphatic hydroxyl groups excluding tert-OH is 1. The molecule has 0 saturated heterocycles. The number of aromatic nitrogens is 2. The second-order valence-electron chi connectivity index (χ2n) is 6.35. The first-order valence-electron chi connectivity index (χ1n) is 6.39. The highest BCUT2D eigenvalue weighted by Crippen LogP contribution is 2.18. The SMILES string of the molecule is CC(C)(CO)NC(=O)CCc1nc(C(C)(C)C)no1. The van der Waals surface area contributed by atoms with E-state index < -0.39 is 5.54 Å². The molecule has 0 spiro atoms. The highest BCUT2D eigenvalue weighted by atomic mass is 16.5. The zero-order valence-corrected chi connectivity index (χ0v) is 12.3. The zero-order valence-electron chi connectivity index (χ0n) is 12.3. The molecular formula is C13H23N3O3. The summed E-state index contributed by atoms with van der Waals surface area (Å²) in [5.74, 6) is 0.954. The van der Waals surface area contributed by atoms with Crippen molar-refractivity contribution in [2.45, 2.75) is 58.4 Å². The van der Waals surface area contributed by atoms with Crippen LogP contribution in [0.1, 0.15) is 52.8 Å². The first kappa shape index (κ1) is 15.6. The Morgan fingerprint density at radius 1 is 1.32 bits per heavy atom. The summed E-state index contributed by atoms with van der Waals surface area (Å²) in [4.78, 5) is 15.9. The van der Waals surface area contributed by atoms with Gasteiger partial charge in [-0.3, -0.25) is 4.79 Å². The standard InChI is InChI=1S/C13H23N3O3/c1-12(2,3)11-14-10(19-16-11)7-6-9(18)15-13(4,5)8-17/h17H,6-8H2,1-5H3,(H,15,18). The van der Waals surface area contributed by atoms with Crippen molar-refractivity contribution in [2.75, 3.05) is 6.61 Å². The van der Waals surface area contributed by atoms with Gasteiger partial charge >= 0.3 is 0 Å². The van der Waals surface area contributed by atoms with E-state index in [0.29, 0.717) is 18.1 Å². The van der Waals surface area contributed by atoms with Gasteiger partial charge in [0.15, 0.2) is 5.82 Å². The number of carbonyl (C=O) groups excluding carboxylic acids is 1. The molecule has 6 nitrogen and oxygen atoms in total. The van der Waals surface area contributed by atoms with E-state index in [1.165, 1.54) is 0 Å². The van der Waals surface area contributed by atoms with Crippen LogP contribution in [0.5, 0.6) is 0 Å². The number of carbonyl (C=O) groups is 1. The van der Waals surface area contributed by atoms with Crippen LogP contribution in [0.4, 0.5) is 0 Å². The van der Waals surface area contributed by atoms with Crippen LogP contribution in [0.3, 0.4) is 0 Å². The third-order valence-electron chi connectivity index (χ3n) is 2.58. The number of aryl methyl sites for hydroxylation is 1. The van der Waals surface area contributed by atoms with Crippen molar-refractivity contribution in [3.63, 3.8) is 0 Å². The fourth-order valence-electron chi connectivity index (χ4n) is 1.36. The summed E-state index contributed by atoms with van der Waals surface area (Å²) in [6.07, 6.45) is 0.658. The molecule has 19 heavy (non-hydrogen) atoms. The molecule has 0 aliphatic carbocycles. The third kappa shape index (κ3) is 4.98. The van der Waals surface area contributed by atoms with E-state index in [0.717, 1.165) is 0 Å². The Bertz CT molecular complexity index is 433. The van der Waals surface area contributed by atoms with Crippen LogP contribution >= 0.6 is 0 Å². The normalized spacial score (nSPS) is 12.5. The molecule has 0 aliphatic heterocycles. The number of amides is 1. The molecule has 1 amide bonds. The Labute approximate surface area is 113 Å². The van der Waals surface area contributed by atoms with Crippen LogP contribution in [-0.4, -0.2) is 33.3 Å². The molecule has 108 valence electrons. The molecule has 0 unspecified atom stereocenters. The second kappa shape index (κ2) is 5.69. The Morgan fingerprint density at radius 3 is 2.42 bits per heavy atom. The molecule has 0 bridgehead atoms. The molecule has 0 fully saturated rings. The maximum atomic E-state index is 11.7. The maximum Gasteiger partial charge on any atom is 0.227 e. The number of hydrogen-bond donors (Lipinski definition) is 2. The van der Waals surface area contributed by atoms with Crippen molar-refractivity contribution in [3.8, 4) is 0 Å². The Hall–Kier alpha value is -1.43. The molecule has 0 radical (unpaired) electrons. The first-order valence-corrected chi connectivity index (χ1v) is 6.39. The summed E-state index contributed by atoms with van der Waals surface area (Å²) in [6.45, 7) is 9.41. The van der Waals surface area contributed by atoms with Gasteiger partial charge in [0.05, 0.1) is 12.1 Å². The van der Waals surface area contributed by atoms with Gasteiger partial charge < -0.3 is 14.9 Å². The summed E-state index contributed by atoms with van der Waals surface area (Å²) in [5.41, 5.74) is -0.772. The van der Waals surface area contributed by atoms with E-state index in [1.54, 1.807) is 13.8 Å². The summed E-state index contributed by atoms with van der Waals surface area (Å²) in [6, 6.07) is 0. The van der Waals surface area contributed by atoms with Gasteiger partial charge in [-0.2, -0.15) is 4.98 Å². The predicted octanol–water partition coefficient (Wildman–Crippen LogP) is 1.19. The molecular weight excluding hydrogens is 246 g/mol. The lowest BCUT2D eigenvalue weighted by Crippen LogP contribution is -2.46. The summed E-state index contributed by atoms with van der Waals surface area (Å²) < 4.78 is 5.11. The minimum absolute atomic E-state index is 0.104. The van der Waals surface area contributed by atoms with Crippen molar-refractivity contribution in [2.24, 2.45) is 0 Å². The van der Waals surface area contributed by atoms with Gasteiger partial charge in [0.1, 0.15) is 0 Å². The molecule has 1 heterocycles. The average molecular weight is 269 g/mol. The molecule has 6 heteroatoms. The Balaban J connectivity index is 2.49. The number of nitrogens with one attached hydrogen (secondary N) is 1. The molecule has 0 saturated carbocycles. The smallest absolute Gasteiger partial charge is 0.227 e. The monoisotopic (exact) mass is 269 g/mol. The zero-order chi connectivity index (χ0) is 14.7. The summed E-state index contributed by atoms with van der Waals surface area (Å²) >= 11 is 0. The van der Waals surface area contributed by atoms with Gasteiger partial charge in [0.2, 0.25) is 11.8 Å². The Kier molecular flexibility index (Phi) is 4.68. The van der Waals surface area contributed by atoms with Crippen molar-refractivity contribution < 1.29 is 14.4 Å². The van der Waals surface area contributed by atoms with Crippen LogP contribution < -0.4 is 5.32 Å². The van der Waals surface area contributed by atoms with E-state index in [9.17, 15) is 4.79 Å². The van der Waals surface area contributed by atoms with Gasteiger partial charge in [-0.25, -0.2) is 0 Å². The molecule has 1 aromatic rings. The largest absolute Gasteiger partial charge is 0.394 e. The van der Waals surface area contributed by atoms with Gasteiger partial charge in [0, 0.05) is 18.3 Å². The molecule has 1 rings (SSSR count). The quantitative estimate of drug-likeness (QED) is 0.838. The van der Waals surface area contributed by atoms with Crippen molar-refractivity contribution >= 4 is 5.91 Å². The van der Waals surface area contributed by atoms with E-state index >= 15 is 0 Å². The fraction of sp³-hybridized carbons (Fsp3) is 0.769. The van der Waals surface area contributed by atoms with Crippen LogP contribution in [-0.2, 0) is 16.6 Å². The first-order chi connectivity index (χ1) is 8.64. The highest BCUT2D eigenvalue weighted by molar-refractivity contribution is 5.76. The fourth-order valence-corrected chi connectivity index (χ4v) is 1.36. The molecule has 0 atom stereocenters. The van der Waals surface area contributed by atoms with Crippen molar-refractivity contribution in [1.29, 1.82) is 0 Å². The lowest BCUT2D eigenvalue weighted by molar-refractivity contribution is -0.123. The lowest BCUT2D eigenvalue weighted by Gasteiger charge is -2.23. The molecule has 0 aliphatic rings. The van der Waals surface area contributed by atoms with Crippen molar-refractivity contribution in [1.82, 2.24) is 15.5 Å². The summed E-state index contributed by atoms with van der Waals surface area (Å²) in [7, 11) is 0. The van der Waals surface area contributed by atoms with Crippen LogP contribution in [0.25, 0.3) is 0 Å². The molecule has 0 aromatic carbocycles. The van der Waals surface area contributed by atoms with E-state index in [1.807, 2.05) is 20.8 Å². The van der Waals surface area contributed by atoms with Gasteiger partial charge in [0.25, 0.3) is 0 Å². The minimum atomic E-state index is -0.609. The number of aliphatic hydroxyl groups is 1. The topological polar surface area (TPSA) is 88.2 Å². The van der Waals surface area contributed by atoms with Crippen LogP contribution in [0, 0.1) is 0 Å². The number of hydrogen-bond acceptors (Lipinski definition) is 5. The van der Waals surface area contributed by atoms with Crippen LogP contribution in [0.2, 0.25) is 0 Å². The van der Waals surface area contributed by atoms with Crippen LogP contribution in [0.15, 0.2) is 4.52 Å². The highest BCUT2D eigenvalue weighted by Gasteiger charge is 2.22. The second-order valence-corrected chi connectivity index (χ2v) is 6.35. The molecule has 2 N–H and O–H groups in total. The maximum absolute atomic E-state index is 11.7. The number of rotatable bonds is 5. The molecule has 1 aromatic heterocycles.